The largest absolute Gasteiger partial charge is 0.305 e. The maximum Gasteiger partial charge on any atom is 0.113 e. The van der Waals surface area contributed by atoms with E-state index in [9.17, 15) is 0 Å². The van der Waals surface area contributed by atoms with E-state index in [2.05, 4.69) is 26.1 Å². The number of aryl methyl sites for hydroxylation is 2. The molecule has 1 aliphatic carbocycles. The summed E-state index contributed by atoms with van der Waals surface area (Å²) in [6, 6.07) is 0. The number of nitrogens with one attached hydrogen (secondary N) is 1. The molecule has 1 aromatic rings. The quantitative estimate of drug-likeness (QED) is 0.831. The Kier molecular flexibility index (Phi) is 6.03. The molecule has 1 aromatic heterocycles. The van der Waals surface area contributed by atoms with E-state index in [4.69, 9.17) is 4.98 Å². The first-order valence-electron chi connectivity index (χ1n) is 8.43. The van der Waals surface area contributed by atoms with Crippen molar-refractivity contribution in [1.82, 2.24) is 10.3 Å². The summed E-state index contributed by atoms with van der Waals surface area (Å²) < 4.78 is 0. The van der Waals surface area contributed by atoms with Crippen LogP contribution in [0.1, 0.15) is 80.8 Å². The van der Waals surface area contributed by atoms with Crippen LogP contribution in [0.25, 0.3) is 0 Å². The summed E-state index contributed by atoms with van der Waals surface area (Å²) in [5.41, 5.74) is 1.48. The fourth-order valence-electron chi connectivity index (χ4n) is 3.30. The van der Waals surface area contributed by atoms with Gasteiger partial charge in [-0.2, -0.15) is 0 Å². The van der Waals surface area contributed by atoms with Crippen LogP contribution in [-0.2, 0) is 12.0 Å². The molecule has 1 N–H and O–H groups in total. The Bertz CT molecular complexity index is 398. The lowest BCUT2D eigenvalue weighted by molar-refractivity contribution is 0.252. The van der Waals surface area contributed by atoms with Crippen LogP contribution in [0.15, 0.2) is 0 Å². The van der Waals surface area contributed by atoms with Crippen molar-refractivity contribution in [3.63, 3.8) is 0 Å². The van der Waals surface area contributed by atoms with E-state index in [0.29, 0.717) is 0 Å². The molecule has 0 radical (unpaired) electrons. The molecule has 0 unspecified atom stereocenters. The summed E-state index contributed by atoms with van der Waals surface area (Å²) in [5.74, 6) is 0. The maximum absolute atomic E-state index is 5.01. The third-order valence-corrected chi connectivity index (χ3v) is 5.77. The third kappa shape index (κ3) is 3.62. The highest BCUT2D eigenvalue weighted by Gasteiger charge is 2.34. The zero-order valence-corrected chi connectivity index (χ0v) is 14.2. The number of hydrogen-bond acceptors (Lipinski definition) is 3. The highest BCUT2D eigenvalue weighted by molar-refractivity contribution is 7.11. The molecule has 0 atom stereocenters. The molecule has 0 aliphatic heterocycles. The lowest BCUT2D eigenvalue weighted by Crippen LogP contribution is -2.43. The van der Waals surface area contributed by atoms with Gasteiger partial charge in [0.15, 0.2) is 0 Å². The van der Waals surface area contributed by atoms with Gasteiger partial charge in [-0.25, -0.2) is 4.98 Å². The van der Waals surface area contributed by atoms with Crippen molar-refractivity contribution in [3.8, 4) is 0 Å². The fraction of sp³-hybridized carbons (Fsp3) is 0.824. The van der Waals surface area contributed by atoms with Crippen LogP contribution in [0.5, 0.6) is 0 Å². The van der Waals surface area contributed by atoms with E-state index >= 15 is 0 Å². The van der Waals surface area contributed by atoms with Gasteiger partial charge in [-0.3, -0.25) is 0 Å². The second kappa shape index (κ2) is 7.56. The molecular weight excluding hydrogens is 264 g/mol. The van der Waals surface area contributed by atoms with Crippen LogP contribution >= 0.6 is 11.3 Å². The molecule has 1 saturated carbocycles. The van der Waals surface area contributed by atoms with Gasteiger partial charge in [0.05, 0.1) is 11.2 Å². The van der Waals surface area contributed by atoms with Crippen molar-refractivity contribution in [2.75, 3.05) is 6.54 Å². The van der Waals surface area contributed by atoms with Crippen LogP contribution in [0.4, 0.5) is 0 Å². The molecule has 1 fully saturated rings. The lowest BCUT2D eigenvalue weighted by atomic mass is 9.84. The minimum absolute atomic E-state index is 0.166. The standard InChI is InChI=1S/C17H30N2S/c1-4-13-18-17(11-9-7-6-8-10-12-17)16-19-15(5-2)14(3)20-16/h18H,4-13H2,1-3H3. The first-order chi connectivity index (χ1) is 9.72. The minimum atomic E-state index is 0.166. The first kappa shape index (κ1) is 16.0. The van der Waals surface area contributed by atoms with E-state index in [1.54, 1.807) is 0 Å². The van der Waals surface area contributed by atoms with Gasteiger partial charge >= 0.3 is 0 Å². The topological polar surface area (TPSA) is 24.9 Å². The van der Waals surface area contributed by atoms with Crippen molar-refractivity contribution >= 4 is 11.3 Å². The van der Waals surface area contributed by atoms with Gasteiger partial charge in [0.25, 0.3) is 0 Å². The number of rotatable bonds is 5. The van der Waals surface area contributed by atoms with Gasteiger partial charge in [0, 0.05) is 4.88 Å². The molecule has 1 aliphatic rings. The van der Waals surface area contributed by atoms with Gasteiger partial charge in [-0.1, -0.05) is 46.0 Å². The highest BCUT2D eigenvalue weighted by atomic mass is 32.1. The molecule has 2 rings (SSSR count). The van der Waals surface area contributed by atoms with Crippen molar-refractivity contribution in [2.45, 2.75) is 84.1 Å². The van der Waals surface area contributed by atoms with Gasteiger partial charge in [0.2, 0.25) is 0 Å². The number of aromatic nitrogens is 1. The predicted octanol–water partition coefficient (Wildman–Crippen LogP) is 4.95. The van der Waals surface area contributed by atoms with E-state index < -0.39 is 0 Å². The van der Waals surface area contributed by atoms with E-state index in [-0.39, 0.29) is 5.54 Å². The predicted molar refractivity (Wildman–Crippen MR) is 88.5 cm³/mol. The zero-order valence-electron chi connectivity index (χ0n) is 13.4. The highest BCUT2D eigenvalue weighted by Crippen LogP contribution is 2.38. The van der Waals surface area contributed by atoms with E-state index in [0.717, 1.165) is 13.0 Å². The van der Waals surface area contributed by atoms with Gasteiger partial charge in [0.1, 0.15) is 5.01 Å². The zero-order chi connectivity index (χ0) is 14.4. The molecular formula is C17H30N2S. The summed E-state index contributed by atoms with van der Waals surface area (Å²) in [4.78, 5) is 6.42. The van der Waals surface area contributed by atoms with Crippen LogP contribution in [0.3, 0.4) is 0 Å². The van der Waals surface area contributed by atoms with Crippen LogP contribution in [-0.4, -0.2) is 11.5 Å². The Hall–Kier alpha value is -0.410. The molecule has 2 nitrogen and oxygen atoms in total. The van der Waals surface area contributed by atoms with Gasteiger partial charge in [-0.05, 0) is 39.2 Å². The molecule has 0 amide bonds. The second-order valence-electron chi connectivity index (χ2n) is 6.15. The SMILES string of the molecule is CCCNC1(c2nc(CC)c(C)s2)CCCCCCC1. The summed E-state index contributed by atoms with van der Waals surface area (Å²) in [5, 5.41) is 5.24. The van der Waals surface area contributed by atoms with Crippen molar-refractivity contribution in [2.24, 2.45) is 0 Å². The smallest absolute Gasteiger partial charge is 0.113 e. The van der Waals surface area contributed by atoms with Gasteiger partial charge in [-0.15, -0.1) is 11.3 Å². The normalized spacial score (nSPS) is 19.6. The van der Waals surface area contributed by atoms with Crippen LogP contribution in [0.2, 0.25) is 0 Å². The Labute approximate surface area is 128 Å². The molecule has 0 spiro atoms. The molecule has 0 aromatic carbocycles. The number of nitrogens with zero attached hydrogens (tertiary/aromatic N) is 1. The summed E-state index contributed by atoms with van der Waals surface area (Å²) >= 11 is 1.94. The van der Waals surface area contributed by atoms with Crippen molar-refractivity contribution < 1.29 is 0 Å². The number of hydrogen-bond donors (Lipinski definition) is 1. The third-order valence-electron chi connectivity index (χ3n) is 4.56. The Morgan fingerprint density at radius 3 is 2.30 bits per heavy atom. The fourth-order valence-corrected chi connectivity index (χ4v) is 4.53. The Morgan fingerprint density at radius 1 is 1.10 bits per heavy atom. The minimum Gasteiger partial charge on any atom is -0.305 e. The van der Waals surface area contributed by atoms with Crippen LogP contribution in [0, 0.1) is 6.92 Å². The summed E-state index contributed by atoms with van der Waals surface area (Å²) in [7, 11) is 0. The molecule has 0 saturated heterocycles. The molecule has 0 bridgehead atoms. The second-order valence-corrected chi connectivity index (χ2v) is 7.36. The van der Waals surface area contributed by atoms with Crippen molar-refractivity contribution in [3.05, 3.63) is 15.6 Å². The Balaban J connectivity index is 2.27. The summed E-state index contributed by atoms with van der Waals surface area (Å²) in [6.45, 7) is 7.82. The van der Waals surface area contributed by atoms with Gasteiger partial charge < -0.3 is 5.32 Å². The average Bonchev–Trinajstić information content (AvgIpc) is 2.80. The molecule has 20 heavy (non-hydrogen) atoms. The van der Waals surface area contributed by atoms with Crippen LogP contribution < -0.4 is 5.32 Å². The number of thiazole rings is 1. The lowest BCUT2D eigenvalue weighted by Gasteiger charge is -2.35. The van der Waals surface area contributed by atoms with E-state index in [1.807, 2.05) is 11.3 Å². The van der Waals surface area contributed by atoms with Crippen molar-refractivity contribution in [1.29, 1.82) is 0 Å². The maximum atomic E-state index is 5.01. The molecule has 114 valence electrons. The molecule has 3 heteroatoms. The molecule has 1 heterocycles. The summed E-state index contributed by atoms with van der Waals surface area (Å²) in [6.07, 6.45) is 11.7. The average molecular weight is 295 g/mol. The Morgan fingerprint density at radius 2 is 1.75 bits per heavy atom. The monoisotopic (exact) mass is 294 g/mol. The van der Waals surface area contributed by atoms with E-state index in [1.165, 1.54) is 66.9 Å². The first-order valence-corrected chi connectivity index (χ1v) is 9.25.